The summed E-state index contributed by atoms with van der Waals surface area (Å²) < 4.78 is 66.4. The first-order valence-electron chi connectivity index (χ1n) is 7.23. The predicted molar refractivity (Wildman–Crippen MR) is 74.7 cm³/mol. The molecule has 0 saturated heterocycles. The standard InChI is InChI=1S/C16H18F4O2/c1-3-21-13-11(10-8-6-5-7-9-10)15(22-4-2)16(19,20)14(18)12(13)17/h5-6,8,15H,3-4,7,9H2,1-2H3. The van der Waals surface area contributed by atoms with Crippen LogP contribution in [0, 0.1) is 0 Å². The van der Waals surface area contributed by atoms with Gasteiger partial charge in [0.1, 0.15) is 0 Å². The lowest BCUT2D eigenvalue weighted by atomic mass is 9.85. The van der Waals surface area contributed by atoms with E-state index in [4.69, 9.17) is 9.47 Å². The lowest BCUT2D eigenvalue weighted by molar-refractivity contribution is -0.110. The molecule has 0 amide bonds. The van der Waals surface area contributed by atoms with Crippen LogP contribution < -0.4 is 0 Å². The highest BCUT2D eigenvalue weighted by Gasteiger charge is 2.55. The van der Waals surface area contributed by atoms with Crippen LogP contribution in [-0.4, -0.2) is 25.2 Å². The van der Waals surface area contributed by atoms with Crippen molar-refractivity contribution in [1.29, 1.82) is 0 Å². The Labute approximate surface area is 126 Å². The monoisotopic (exact) mass is 318 g/mol. The van der Waals surface area contributed by atoms with Crippen LogP contribution >= 0.6 is 0 Å². The van der Waals surface area contributed by atoms with Crippen molar-refractivity contribution in [3.63, 3.8) is 0 Å². The fraction of sp³-hybridized carbons (Fsp3) is 0.500. The first-order chi connectivity index (χ1) is 10.4. The highest BCUT2D eigenvalue weighted by molar-refractivity contribution is 5.51. The van der Waals surface area contributed by atoms with Gasteiger partial charge in [-0.15, -0.1) is 0 Å². The summed E-state index contributed by atoms with van der Waals surface area (Å²) in [6.45, 7) is 3.08. The molecule has 2 rings (SSSR count). The molecule has 0 radical (unpaired) electrons. The lowest BCUT2D eigenvalue weighted by Gasteiger charge is -2.34. The molecule has 0 heterocycles. The highest BCUT2D eigenvalue weighted by Crippen LogP contribution is 2.47. The van der Waals surface area contributed by atoms with Crippen molar-refractivity contribution in [3.8, 4) is 0 Å². The quantitative estimate of drug-likeness (QED) is 0.681. The maximum atomic E-state index is 14.2. The molecule has 0 fully saturated rings. The molecular formula is C16H18F4O2. The summed E-state index contributed by atoms with van der Waals surface area (Å²) in [5.74, 6) is -8.32. The van der Waals surface area contributed by atoms with Crippen molar-refractivity contribution in [3.05, 3.63) is 46.8 Å². The Hall–Kier alpha value is -1.56. The SMILES string of the molecule is CCOC1=C(C2=CC=CCC2)C(OCC)C(F)(F)C(F)=C1F. The van der Waals surface area contributed by atoms with Gasteiger partial charge >= 0.3 is 5.92 Å². The van der Waals surface area contributed by atoms with Crippen LogP contribution in [0.25, 0.3) is 0 Å². The Morgan fingerprint density at radius 2 is 1.95 bits per heavy atom. The minimum Gasteiger partial charge on any atom is -0.490 e. The zero-order valence-corrected chi connectivity index (χ0v) is 12.5. The van der Waals surface area contributed by atoms with E-state index in [1.54, 1.807) is 19.1 Å². The second kappa shape index (κ2) is 6.69. The lowest BCUT2D eigenvalue weighted by Crippen LogP contribution is -2.42. The maximum Gasteiger partial charge on any atom is 0.331 e. The third kappa shape index (κ3) is 2.84. The molecule has 122 valence electrons. The summed E-state index contributed by atoms with van der Waals surface area (Å²) in [4.78, 5) is 0. The maximum absolute atomic E-state index is 14.2. The fourth-order valence-electron chi connectivity index (χ4n) is 2.56. The normalized spacial score (nSPS) is 24.6. The number of alkyl halides is 2. The average molecular weight is 318 g/mol. The van der Waals surface area contributed by atoms with Crippen molar-refractivity contribution >= 4 is 0 Å². The van der Waals surface area contributed by atoms with Crippen molar-refractivity contribution in [2.24, 2.45) is 0 Å². The van der Waals surface area contributed by atoms with Gasteiger partial charge in [0.15, 0.2) is 11.9 Å². The summed E-state index contributed by atoms with van der Waals surface area (Å²) in [5.41, 5.74) is 0.378. The van der Waals surface area contributed by atoms with Gasteiger partial charge in [-0.2, -0.15) is 13.2 Å². The third-order valence-corrected chi connectivity index (χ3v) is 3.50. The van der Waals surface area contributed by atoms with Crippen LogP contribution in [0.3, 0.4) is 0 Å². The van der Waals surface area contributed by atoms with E-state index in [0.717, 1.165) is 0 Å². The van der Waals surface area contributed by atoms with Crippen LogP contribution in [0.4, 0.5) is 17.6 Å². The number of rotatable bonds is 5. The minimum atomic E-state index is -4.06. The minimum absolute atomic E-state index is 0.0348. The third-order valence-electron chi connectivity index (χ3n) is 3.50. The molecule has 1 unspecified atom stereocenters. The van der Waals surface area contributed by atoms with Crippen molar-refractivity contribution in [2.75, 3.05) is 13.2 Å². The van der Waals surface area contributed by atoms with Crippen LogP contribution in [-0.2, 0) is 9.47 Å². The smallest absolute Gasteiger partial charge is 0.331 e. The van der Waals surface area contributed by atoms with Gasteiger partial charge in [-0.1, -0.05) is 18.2 Å². The zero-order chi connectivity index (χ0) is 16.3. The van der Waals surface area contributed by atoms with Gasteiger partial charge in [-0.3, -0.25) is 0 Å². The van der Waals surface area contributed by atoms with Crippen LogP contribution in [0.5, 0.6) is 0 Å². The second-order valence-corrected chi connectivity index (χ2v) is 4.92. The van der Waals surface area contributed by atoms with E-state index >= 15 is 0 Å². The number of hydrogen-bond acceptors (Lipinski definition) is 2. The topological polar surface area (TPSA) is 18.5 Å². The molecule has 0 spiro atoms. The summed E-state index contributed by atoms with van der Waals surface area (Å²) in [5, 5.41) is 0. The van der Waals surface area contributed by atoms with Gasteiger partial charge in [0.25, 0.3) is 0 Å². The molecule has 2 aliphatic carbocycles. The Morgan fingerprint density at radius 1 is 1.23 bits per heavy atom. The average Bonchev–Trinajstić information content (AvgIpc) is 2.51. The zero-order valence-electron chi connectivity index (χ0n) is 12.5. The van der Waals surface area contributed by atoms with E-state index in [1.165, 1.54) is 6.92 Å². The van der Waals surface area contributed by atoms with Crippen molar-refractivity contribution in [2.45, 2.75) is 38.7 Å². The van der Waals surface area contributed by atoms with Gasteiger partial charge in [0.05, 0.1) is 6.61 Å². The molecule has 0 aliphatic heterocycles. The van der Waals surface area contributed by atoms with E-state index in [2.05, 4.69) is 0 Å². The Morgan fingerprint density at radius 3 is 2.50 bits per heavy atom. The molecule has 0 N–H and O–H groups in total. The van der Waals surface area contributed by atoms with E-state index in [9.17, 15) is 17.6 Å². The second-order valence-electron chi connectivity index (χ2n) is 4.92. The van der Waals surface area contributed by atoms with Gasteiger partial charge in [-0.25, -0.2) is 4.39 Å². The predicted octanol–water partition coefficient (Wildman–Crippen LogP) is 4.76. The highest BCUT2D eigenvalue weighted by atomic mass is 19.3. The van der Waals surface area contributed by atoms with E-state index in [1.807, 2.05) is 6.08 Å². The number of hydrogen-bond donors (Lipinski definition) is 0. The molecule has 0 saturated carbocycles. The first-order valence-corrected chi connectivity index (χ1v) is 7.23. The molecule has 0 aromatic heterocycles. The van der Waals surface area contributed by atoms with E-state index in [0.29, 0.717) is 18.4 Å². The first kappa shape index (κ1) is 16.8. The van der Waals surface area contributed by atoms with Gasteiger partial charge in [0.2, 0.25) is 11.7 Å². The Kier molecular flexibility index (Phi) is 5.11. The van der Waals surface area contributed by atoms with Crippen molar-refractivity contribution in [1.82, 2.24) is 0 Å². The van der Waals surface area contributed by atoms with Gasteiger partial charge in [-0.05, 0) is 32.3 Å². The van der Waals surface area contributed by atoms with Gasteiger partial charge in [0, 0.05) is 12.2 Å². The summed E-state index contributed by atoms with van der Waals surface area (Å²) in [6.07, 6.45) is 4.36. The molecule has 2 nitrogen and oxygen atoms in total. The molecule has 6 heteroatoms. The van der Waals surface area contributed by atoms with Crippen LogP contribution in [0.15, 0.2) is 46.8 Å². The molecular weight excluding hydrogens is 300 g/mol. The largest absolute Gasteiger partial charge is 0.490 e. The molecule has 22 heavy (non-hydrogen) atoms. The molecule has 0 aromatic carbocycles. The van der Waals surface area contributed by atoms with Gasteiger partial charge < -0.3 is 9.47 Å². The summed E-state index contributed by atoms with van der Waals surface area (Å²) in [7, 11) is 0. The van der Waals surface area contributed by atoms with Crippen LogP contribution in [0.1, 0.15) is 26.7 Å². The fourth-order valence-corrected chi connectivity index (χ4v) is 2.56. The van der Waals surface area contributed by atoms with E-state index in [-0.39, 0.29) is 18.8 Å². The number of ether oxygens (including phenoxy) is 2. The Bertz CT molecular complexity index is 558. The molecule has 0 aromatic rings. The molecule has 1 atom stereocenters. The Balaban J connectivity index is 2.64. The number of halogens is 4. The van der Waals surface area contributed by atoms with E-state index < -0.39 is 29.4 Å². The van der Waals surface area contributed by atoms with Crippen molar-refractivity contribution < 1.29 is 27.0 Å². The summed E-state index contributed by atoms with van der Waals surface area (Å²) >= 11 is 0. The van der Waals surface area contributed by atoms with Crippen LogP contribution in [0.2, 0.25) is 0 Å². The molecule has 2 aliphatic rings. The molecule has 0 bridgehead atoms. The summed E-state index contributed by atoms with van der Waals surface area (Å²) in [6, 6.07) is 0. The number of allylic oxidation sites excluding steroid dienone is 4.